The van der Waals surface area contributed by atoms with Crippen molar-refractivity contribution >= 4 is 116 Å². The van der Waals surface area contributed by atoms with Gasteiger partial charge in [-0.15, -0.1) is 0 Å². The highest BCUT2D eigenvalue weighted by Crippen LogP contribution is 2.48. The van der Waals surface area contributed by atoms with Crippen LogP contribution in [0.25, 0.3) is 131 Å². The maximum absolute atomic E-state index is 2.44. The van der Waals surface area contributed by atoms with E-state index in [1.54, 1.807) is 0 Å². The van der Waals surface area contributed by atoms with Crippen LogP contribution in [0.1, 0.15) is 218 Å². The molecule has 5 aliphatic carbocycles. The van der Waals surface area contributed by atoms with Crippen LogP contribution in [0.4, 0.5) is 51.2 Å². The van der Waals surface area contributed by atoms with Crippen LogP contribution < -0.4 is 14.7 Å². The molecule has 0 atom stereocenters. The Balaban J connectivity index is 0.000000118. The van der Waals surface area contributed by atoms with E-state index in [-0.39, 0.29) is 0 Å². The van der Waals surface area contributed by atoms with Crippen molar-refractivity contribution in [1.82, 2.24) is 0 Å². The topological polar surface area (TPSA) is 9.72 Å². The number of anilines is 9. The molecule has 0 amide bonds. The predicted octanol–water partition coefficient (Wildman–Crippen LogP) is 42.6. The molecule has 0 heterocycles. The van der Waals surface area contributed by atoms with Crippen molar-refractivity contribution in [3.05, 3.63) is 489 Å². The average molecular weight is 1900 g/mol. The van der Waals surface area contributed by atoms with E-state index in [4.69, 9.17) is 0 Å². The van der Waals surface area contributed by atoms with Gasteiger partial charge in [-0.25, -0.2) is 0 Å². The fourth-order valence-corrected chi connectivity index (χ4v) is 24.9. The van der Waals surface area contributed by atoms with Crippen molar-refractivity contribution in [2.45, 2.75) is 190 Å². The van der Waals surface area contributed by atoms with E-state index in [2.05, 4.69) is 476 Å². The summed E-state index contributed by atoms with van der Waals surface area (Å²) in [5, 5.41) is 15.2. The van der Waals surface area contributed by atoms with E-state index in [0.717, 1.165) is 5.69 Å². The number of hydrogen-bond acceptors (Lipinski definition) is 3. The minimum Gasteiger partial charge on any atom is -0.311 e. The van der Waals surface area contributed by atoms with Crippen LogP contribution >= 0.6 is 0 Å². The summed E-state index contributed by atoms with van der Waals surface area (Å²) in [5.41, 5.74) is 33.2. The molecule has 0 spiro atoms. The Morgan fingerprint density at radius 2 is 0.252 bits per heavy atom. The van der Waals surface area contributed by atoms with Gasteiger partial charge in [0.15, 0.2) is 0 Å². The number of para-hydroxylation sites is 1. The number of nitrogens with zero attached hydrogens (tertiary/aromatic N) is 3. The number of hydrogen-bond donors (Lipinski definition) is 0. The van der Waals surface area contributed by atoms with Crippen LogP contribution in [0.2, 0.25) is 0 Å². The van der Waals surface area contributed by atoms with E-state index in [1.165, 1.54) is 365 Å². The molecule has 722 valence electrons. The molecule has 147 heavy (non-hydrogen) atoms. The Morgan fingerprint density at radius 3 is 0.463 bits per heavy atom. The molecule has 5 fully saturated rings. The summed E-state index contributed by atoms with van der Waals surface area (Å²) >= 11 is 0. The van der Waals surface area contributed by atoms with Gasteiger partial charge in [0.2, 0.25) is 0 Å². The van der Waals surface area contributed by atoms with Gasteiger partial charge >= 0.3 is 0 Å². The van der Waals surface area contributed by atoms with Crippen molar-refractivity contribution in [3.63, 3.8) is 0 Å². The van der Waals surface area contributed by atoms with E-state index >= 15 is 0 Å². The largest absolute Gasteiger partial charge is 0.311 e. The Hall–Kier alpha value is -15.4. The molecule has 0 radical (unpaired) electrons. The number of rotatable bonds is 20. The van der Waals surface area contributed by atoms with Crippen molar-refractivity contribution < 1.29 is 0 Å². The maximum Gasteiger partial charge on any atom is 0.0462 e. The maximum atomic E-state index is 2.44. The highest BCUT2D eigenvalue weighted by Gasteiger charge is 2.26. The van der Waals surface area contributed by atoms with Crippen LogP contribution in [0.3, 0.4) is 0 Å². The Labute approximate surface area is 870 Å². The first-order valence-electron chi connectivity index (χ1n) is 55.1. The molecular formula is C144H131N3. The Bertz CT molecular complexity index is 7970. The van der Waals surface area contributed by atoms with E-state index < -0.39 is 0 Å². The molecule has 26 rings (SSSR count). The lowest BCUT2D eigenvalue weighted by molar-refractivity contribution is 0.443. The fourth-order valence-electron chi connectivity index (χ4n) is 24.9. The quantitative estimate of drug-likeness (QED) is 0.0753. The summed E-state index contributed by atoms with van der Waals surface area (Å²) in [7, 11) is 0. The molecule has 0 saturated heterocycles. The Kier molecular flexibility index (Phi) is 28.0. The minimum atomic E-state index is 0.709. The summed E-state index contributed by atoms with van der Waals surface area (Å²) in [4.78, 5) is 7.24. The molecule has 0 bridgehead atoms. The minimum absolute atomic E-state index is 0.709. The second-order valence-electron chi connectivity index (χ2n) is 42.6. The third kappa shape index (κ3) is 21.3. The molecule has 0 N–H and O–H groups in total. The third-order valence-corrected chi connectivity index (χ3v) is 33.3. The highest BCUT2D eigenvalue weighted by molar-refractivity contribution is 5.98. The van der Waals surface area contributed by atoms with Gasteiger partial charge in [-0.3, -0.25) is 0 Å². The third-order valence-electron chi connectivity index (χ3n) is 33.3. The smallest absolute Gasteiger partial charge is 0.0462 e. The van der Waals surface area contributed by atoms with Crippen LogP contribution in [0.5, 0.6) is 0 Å². The zero-order valence-electron chi connectivity index (χ0n) is 84.8. The molecule has 21 aromatic rings. The molecule has 3 heteroatoms. The zero-order valence-corrected chi connectivity index (χ0v) is 84.8. The molecule has 3 nitrogen and oxygen atoms in total. The van der Waals surface area contributed by atoms with Gasteiger partial charge in [0.1, 0.15) is 0 Å². The summed E-state index contributed by atoms with van der Waals surface area (Å²) in [6, 6.07) is 172. The summed E-state index contributed by atoms with van der Waals surface area (Å²) in [6.07, 6.45) is 33.8. The molecule has 0 aliphatic heterocycles. The second kappa shape index (κ2) is 43.9. The fraction of sp³-hybridized carbons (Fsp3) is 0.208. The van der Waals surface area contributed by atoms with Crippen LogP contribution in [0.15, 0.2) is 461 Å². The molecule has 5 aliphatic rings. The van der Waals surface area contributed by atoms with Crippen LogP contribution in [-0.2, 0) is 0 Å². The normalized spacial score (nSPS) is 15.1. The van der Waals surface area contributed by atoms with Crippen molar-refractivity contribution in [2.75, 3.05) is 14.7 Å². The summed E-state index contributed by atoms with van der Waals surface area (Å²) in [5.74, 6) is 3.55. The van der Waals surface area contributed by atoms with Crippen molar-refractivity contribution in [3.8, 4) is 66.8 Å². The van der Waals surface area contributed by atoms with Gasteiger partial charge in [0.05, 0.1) is 0 Å². The molecule has 21 aromatic carbocycles. The average Bonchev–Trinajstić information content (AvgIpc) is 0.789. The van der Waals surface area contributed by atoms with Crippen molar-refractivity contribution in [1.29, 1.82) is 0 Å². The molecule has 0 unspecified atom stereocenters. The second-order valence-corrected chi connectivity index (χ2v) is 42.6. The lowest BCUT2D eigenvalue weighted by Crippen LogP contribution is -2.11. The van der Waals surface area contributed by atoms with Gasteiger partial charge in [-0.05, 0) is 417 Å². The van der Waals surface area contributed by atoms with E-state index in [0.29, 0.717) is 29.6 Å². The van der Waals surface area contributed by atoms with Gasteiger partial charge in [0.25, 0.3) is 0 Å². The molecular weight excluding hydrogens is 1770 g/mol. The van der Waals surface area contributed by atoms with Crippen LogP contribution in [0, 0.1) is 0 Å². The summed E-state index contributed by atoms with van der Waals surface area (Å²) < 4.78 is 0. The zero-order chi connectivity index (χ0) is 98.0. The molecule has 5 saturated carbocycles. The predicted molar refractivity (Wildman–Crippen MR) is 630 cm³/mol. The SMILES string of the molecule is c1ccc(N(c2ccc(-c3ccc4ccc(-c5ccc6ccccc6c5)cc4c3)cc2)c2ccc(C3CCCCC3)cc2)cc1.c1ccc2cc(-c3ccc4cc(-c5ccc(N(c6ccc(C7CCCCC7)cc6)c6ccc(C7CCCCC7)cc6)cc5)ccc4c3)ccc2c1.c1ccc2cc(-c3ccc4ccc(-c5ccc(N(c6ccc(C7CCCCC7)cc6)c6ccc(C7CCCCC7)cc6)cc5)cc4c3)ccc2c1. The lowest BCUT2D eigenvalue weighted by atomic mass is 9.84. The monoisotopic (exact) mass is 1900 g/mol. The number of fused-ring (bicyclic) bond motifs is 6. The number of benzene rings is 21. The summed E-state index contributed by atoms with van der Waals surface area (Å²) in [6.45, 7) is 0. The van der Waals surface area contributed by atoms with Gasteiger partial charge in [-0.1, -0.05) is 394 Å². The van der Waals surface area contributed by atoms with Gasteiger partial charge in [0, 0.05) is 51.2 Å². The Morgan fingerprint density at radius 1 is 0.109 bits per heavy atom. The van der Waals surface area contributed by atoms with Gasteiger partial charge < -0.3 is 14.7 Å². The first kappa shape index (κ1) is 93.9. The molecule has 0 aromatic heterocycles. The van der Waals surface area contributed by atoms with Crippen molar-refractivity contribution in [2.24, 2.45) is 0 Å². The lowest BCUT2D eigenvalue weighted by Gasteiger charge is -2.28. The van der Waals surface area contributed by atoms with E-state index in [9.17, 15) is 0 Å². The first-order valence-corrected chi connectivity index (χ1v) is 55.1. The standard InChI is InChI=1S/2C50H47N.C44H37N/c1-3-9-36(10-4-1)39-21-27-48(28-22-39)51(49-29-23-40(24-30-49)37-11-5-2-6-12-37)50-31-25-41(26-32-50)44-18-16-42-17-20-46(35-47(42)34-44)45-19-15-38-13-7-8-14-43(38)33-45;1-3-9-36(10-4-1)39-21-27-48(28-22-39)51(49-29-23-40(24-30-49)37-11-5-2-6-12-37)50-31-25-41(26-32-50)43-17-18-46-35-47(20-19-45(46)34-43)44-16-15-38-13-7-8-14-42(38)33-44;1-3-9-32(10-4-1)34-21-25-43(26-22-34)45(42-13-5-2-6-14-42)44-27-23-35(24-28-44)38-18-16-36-17-20-40(31-41(36)30-38)39-19-15-33-11-7-8-12-37(33)29-39/h2*7-8,13-37H,1-6,9-12H2;2,5-8,11-32H,1,3-4,9-10H2. The van der Waals surface area contributed by atoms with Crippen LogP contribution in [-0.4, -0.2) is 0 Å². The van der Waals surface area contributed by atoms with Gasteiger partial charge in [-0.2, -0.15) is 0 Å². The first-order chi connectivity index (χ1) is 72.8. The van der Waals surface area contributed by atoms with E-state index in [1.807, 2.05) is 0 Å². The highest BCUT2D eigenvalue weighted by atomic mass is 15.2.